The minimum atomic E-state index is -0.976. The van der Waals surface area contributed by atoms with Crippen molar-refractivity contribution in [1.82, 2.24) is 9.88 Å². The van der Waals surface area contributed by atoms with E-state index in [0.717, 1.165) is 28.1 Å². The third-order valence-electron chi connectivity index (χ3n) is 6.12. The van der Waals surface area contributed by atoms with Crippen molar-refractivity contribution in [2.45, 2.75) is 59.5 Å². The van der Waals surface area contributed by atoms with Crippen LogP contribution in [0.2, 0.25) is 0 Å². The summed E-state index contributed by atoms with van der Waals surface area (Å²) >= 11 is 0. The van der Waals surface area contributed by atoms with Crippen molar-refractivity contribution in [3.8, 4) is 17.2 Å². The Hall–Kier alpha value is -3.61. The number of benzene rings is 2. The van der Waals surface area contributed by atoms with Gasteiger partial charge in [0, 0.05) is 31.4 Å². The molecule has 7 nitrogen and oxygen atoms in total. The van der Waals surface area contributed by atoms with E-state index in [0.29, 0.717) is 37.5 Å². The summed E-state index contributed by atoms with van der Waals surface area (Å²) in [5, 5.41) is 9.73. The van der Waals surface area contributed by atoms with Crippen LogP contribution < -0.4 is 4.74 Å². The van der Waals surface area contributed by atoms with Gasteiger partial charge in [-0.15, -0.1) is 0 Å². The Balaban J connectivity index is 1.43. The van der Waals surface area contributed by atoms with Gasteiger partial charge in [-0.2, -0.15) is 0 Å². The van der Waals surface area contributed by atoms with Crippen molar-refractivity contribution in [3.05, 3.63) is 71.1 Å². The normalized spacial score (nSPS) is 15.5. The molecule has 1 N–H and O–H groups in total. The second kappa shape index (κ2) is 9.94. The number of ether oxygens (including phenoxy) is 1. The van der Waals surface area contributed by atoms with Crippen LogP contribution in [0.1, 0.15) is 49.8 Å². The van der Waals surface area contributed by atoms with Crippen molar-refractivity contribution in [1.29, 1.82) is 0 Å². The number of oxazole rings is 1. The molecule has 4 rings (SSSR count). The van der Waals surface area contributed by atoms with Crippen molar-refractivity contribution in [3.63, 3.8) is 0 Å². The largest absolute Gasteiger partial charge is 0.493 e. The van der Waals surface area contributed by atoms with E-state index in [1.165, 1.54) is 4.90 Å². The summed E-state index contributed by atoms with van der Waals surface area (Å²) in [5.41, 5.74) is 3.42. The van der Waals surface area contributed by atoms with Gasteiger partial charge >= 0.3 is 5.97 Å². The zero-order chi connectivity index (χ0) is 25.2. The molecule has 2 heterocycles. The molecule has 1 aliphatic heterocycles. The zero-order valence-corrected chi connectivity index (χ0v) is 20.7. The number of hydrogen-bond acceptors (Lipinski definition) is 5. The number of carbonyl (C=O) groups is 2. The average Bonchev–Trinajstić information content (AvgIpc) is 3.18. The van der Waals surface area contributed by atoms with Gasteiger partial charge in [0.1, 0.15) is 17.6 Å². The first-order valence-electron chi connectivity index (χ1n) is 11.9. The number of aliphatic carboxylic acids is 1. The predicted molar refractivity (Wildman–Crippen MR) is 132 cm³/mol. The monoisotopic (exact) mass is 476 g/mol. The van der Waals surface area contributed by atoms with E-state index in [4.69, 9.17) is 9.15 Å². The Morgan fingerprint density at radius 1 is 1.14 bits per heavy atom. The van der Waals surface area contributed by atoms with Gasteiger partial charge in [0.25, 0.3) is 0 Å². The van der Waals surface area contributed by atoms with Crippen molar-refractivity contribution < 1.29 is 23.8 Å². The lowest BCUT2D eigenvalue weighted by atomic mass is 9.89. The van der Waals surface area contributed by atoms with Crippen LogP contribution in [0.4, 0.5) is 0 Å². The fourth-order valence-corrected chi connectivity index (χ4v) is 4.32. The maximum Gasteiger partial charge on any atom is 0.326 e. The third kappa shape index (κ3) is 5.91. The summed E-state index contributed by atoms with van der Waals surface area (Å²) in [5.74, 6) is 0.935. The summed E-state index contributed by atoms with van der Waals surface area (Å²) < 4.78 is 11.8. The zero-order valence-electron chi connectivity index (χ0n) is 20.7. The van der Waals surface area contributed by atoms with E-state index in [-0.39, 0.29) is 17.9 Å². The predicted octanol–water partition coefficient (Wildman–Crippen LogP) is 5.05. The lowest BCUT2D eigenvalue weighted by molar-refractivity contribution is -0.152. The molecule has 35 heavy (non-hydrogen) atoms. The molecule has 0 radical (unpaired) electrons. The summed E-state index contributed by atoms with van der Waals surface area (Å²) in [6.45, 7) is 8.51. The molecule has 1 atom stereocenters. The fourth-order valence-electron chi connectivity index (χ4n) is 4.32. The minimum absolute atomic E-state index is 0.141. The Morgan fingerprint density at radius 2 is 1.89 bits per heavy atom. The van der Waals surface area contributed by atoms with Gasteiger partial charge in [-0.25, -0.2) is 9.78 Å². The number of rotatable bonds is 7. The van der Waals surface area contributed by atoms with Gasteiger partial charge in [-0.3, -0.25) is 4.79 Å². The molecule has 1 aromatic heterocycles. The van der Waals surface area contributed by atoms with E-state index >= 15 is 0 Å². The van der Waals surface area contributed by atoms with Crippen molar-refractivity contribution in [2.75, 3.05) is 6.61 Å². The first-order chi connectivity index (χ1) is 16.6. The molecule has 0 saturated heterocycles. The topological polar surface area (TPSA) is 92.9 Å². The Kier molecular flexibility index (Phi) is 6.96. The molecule has 0 bridgehead atoms. The highest BCUT2D eigenvalue weighted by Gasteiger charge is 2.35. The van der Waals surface area contributed by atoms with Crippen LogP contribution in [-0.2, 0) is 29.0 Å². The molecule has 1 aliphatic rings. The smallest absolute Gasteiger partial charge is 0.326 e. The first kappa shape index (κ1) is 24.5. The van der Waals surface area contributed by atoms with Gasteiger partial charge in [0.2, 0.25) is 11.8 Å². The van der Waals surface area contributed by atoms with E-state index < -0.39 is 12.0 Å². The van der Waals surface area contributed by atoms with Crippen LogP contribution in [0.3, 0.4) is 0 Å². The standard InChI is InChI=1S/C28H32N2O5/c1-18-23(29-26(35-18)19-8-6-5-7-9-19)12-13-34-22-11-10-20-15-24(27(32)33)30(17-21(20)14-22)25(31)16-28(2,3)4/h5-11,14,24H,12-13,15-17H2,1-4H3,(H,32,33)/t24-/m0/s1. The molecule has 0 saturated carbocycles. The van der Waals surface area contributed by atoms with Gasteiger partial charge in [-0.1, -0.05) is 45.0 Å². The SMILES string of the molecule is Cc1oc(-c2ccccc2)nc1CCOc1ccc2c(c1)CN(C(=O)CC(C)(C)C)[C@H](C(=O)O)C2. The second-order valence-corrected chi connectivity index (χ2v) is 10.2. The summed E-state index contributed by atoms with van der Waals surface area (Å²) in [7, 11) is 0. The number of hydrogen-bond donors (Lipinski definition) is 1. The molecule has 184 valence electrons. The molecule has 0 fully saturated rings. The van der Waals surface area contributed by atoms with Crippen LogP contribution in [0.5, 0.6) is 5.75 Å². The number of fused-ring (bicyclic) bond motifs is 1. The van der Waals surface area contributed by atoms with Gasteiger partial charge < -0.3 is 19.2 Å². The first-order valence-corrected chi connectivity index (χ1v) is 11.9. The number of carbonyl (C=O) groups excluding carboxylic acids is 1. The Labute approximate surface area is 205 Å². The highest BCUT2D eigenvalue weighted by atomic mass is 16.5. The molecular weight excluding hydrogens is 444 g/mol. The second-order valence-electron chi connectivity index (χ2n) is 10.2. The molecule has 3 aromatic rings. The number of amides is 1. The van der Waals surface area contributed by atoms with E-state index in [1.807, 2.05) is 76.2 Å². The summed E-state index contributed by atoms with van der Waals surface area (Å²) in [6.07, 6.45) is 1.18. The van der Waals surface area contributed by atoms with E-state index in [1.54, 1.807) is 0 Å². The Bertz CT molecular complexity index is 1210. The van der Waals surface area contributed by atoms with Crippen LogP contribution in [-0.4, -0.2) is 39.5 Å². The van der Waals surface area contributed by atoms with E-state index in [9.17, 15) is 14.7 Å². The quantitative estimate of drug-likeness (QED) is 0.513. The summed E-state index contributed by atoms with van der Waals surface area (Å²) in [6, 6.07) is 14.6. The van der Waals surface area contributed by atoms with Gasteiger partial charge in [0.05, 0.1) is 12.3 Å². The lowest BCUT2D eigenvalue weighted by Crippen LogP contribution is -2.49. The lowest BCUT2D eigenvalue weighted by Gasteiger charge is -2.36. The third-order valence-corrected chi connectivity index (χ3v) is 6.12. The minimum Gasteiger partial charge on any atom is -0.493 e. The molecule has 0 aliphatic carbocycles. The number of carboxylic acids is 1. The number of carboxylic acid groups (broad SMARTS) is 1. The maximum absolute atomic E-state index is 12.9. The van der Waals surface area contributed by atoms with Crippen LogP contribution in [0.15, 0.2) is 52.9 Å². The Morgan fingerprint density at radius 3 is 2.57 bits per heavy atom. The van der Waals surface area contributed by atoms with Crippen molar-refractivity contribution >= 4 is 11.9 Å². The van der Waals surface area contributed by atoms with E-state index in [2.05, 4.69) is 4.98 Å². The summed E-state index contributed by atoms with van der Waals surface area (Å²) in [4.78, 5) is 30.9. The van der Waals surface area contributed by atoms with Gasteiger partial charge in [0.15, 0.2) is 0 Å². The molecule has 0 spiro atoms. The highest BCUT2D eigenvalue weighted by Crippen LogP contribution is 2.30. The highest BCUT2D eigenvalue weighted by molar-refractivity contribution is 5.85. The molecular formula is C28H32N2O5. The average molecular weight is 477 g/mol. The molecule has 2 aromatic carbocycles. The number of nitrogens with zero attached hydrogens (tertiary/aromatic N) is 2. The maximum atomic E-state index is 12.9. The molecule has 0 unspecified atom stereocenters. The van der Waals surface area contributed by atoms with Crippen LogP contribution in [0, 0.1) is 12.3 Å². The number of aryl methyl sites for hydroxylation is 1. The fraction of sp³-hybridized carbons (Fsp3) is 0.393. The van der Waals surface area contributed by atoms with Crippen LogP contribution in [0.25, 0.3) is 11.5 Å². The molecule has 1 amide bonds. The van der Waals surface area contributed by atoms with Gasteiger partial charge in [-0.05, 0) is 47.7 Å². The molecule has 7 heteroatoms. The number of aromatic nitrogens is 1. The van der Waals surface area contributed by atoms with Crippen LogP contribution >= 0.6 is 0 Å². The van der Waals surface area contributed by atoms with Crippen molar-refractivity contribution in [2.24, 2.45) is 5.41 Å².